The second-order valence-corrected chi connectivity index (χ2v) is 8.65. The largest absolute Gasteiger partial charge is 0.507 e. The Labute approximate surface area is 193 Å². The molecule has 3 rings (SSSR count). The number of ether oxygens (including phenoxy) is 2. The Balaban J connectivity index is 2.07. The maximum atomic E-state index is 13.0. The van der Waals surface area contributed by atoms with Crippen LogP contribution >= 0.6 is 11.6 Å². The Morgan fingerprint density at radius 1 is 1.16 bits per heavy atom. The van der Waals surface area contributed by atoms with Gasteiger partial charge in [0, 0.05) is 24.2 Å². The highest BCUT2D eigenvalue weighted by Gasteiger charge is 2.46. The van der Waals surface area contributed by atoms with Crippen LogP contribution in [-0.4, -0.2) is 48.6 Å². The van der Waals surface area contributed by atoms with E-state index in [1.54, 1.807) is 36.4 Å². The average molecular weight is 458 g/mol. The number of hydrogen-bond donors (Lipinski definition) is 1. The predicted molar refractivity (Wildman–Crippen MR) is 124 cm³/mol. The Hall–Kier alpha value is -2.83. The molecule has 1 saturated heterocycles. The van der Waals surface area contributed by atoms with Gasteiger partial charge in [-0.1, -0.05) is 37.6 Å². The molecule has 1 aliphatic rings. The van der Waals surface area contributed by atoms with E-state index >= 15 is 0 Å². The van der Waals surface area contributed by atoms with Gasteiger partial charge in [-0.3, -0.25) is 9.59 Å². The fourth-order valence-electron chi connectivity index (χ4n) is 3.69. The summed E-state index contributed by atoms with van der Waals surface area (Å²) in [4.78, 5) is 27.3. The summed E-state index contributed by atoms with van der Waals surface area (Å²) >= 11 is 6.03. The molecule has 0 unspecified atom stereocenters. The number of nitrogens with zero attached hydrogens (tertiary/aromatic N) is 1. The van der Waals surface area contributed by atoms with Crippen LogP contribution in [0.4, 0.5) is 0 Å². The second-order valence-electron chi connectivity index (χ2n) is 8.22. The summed E-state index contributed by atoms with van der Waals surface area (Å²) in [7, 11) is 1.53. The lowest BCUT2D eigenvalue weighted by Gasteiger charge is -2.25. The lowest BCUT2D eigenvalue weighted by atomic mass is 9.94. The molecule has 1 heterocycles. The number of halogens is 1. The van der Waals surface area contributed by atoms with Gasteiger partial charge >= 0.3 is 0 Å². The SMILES string of the molecule is COCCN1C(=O)C(=O)C(=C(O)c2ccc(OCC(C)C)cc2C)[C@@H]1c1ccc(Cl)cc1. The summed E-state index contributed by atoms with van der Waals surface area (Å²) in [5.74, 6) is -0.541. The van der Waals surface area contributed by atoms with Crippen LogP contribution in [0.5, 0.6) is 5.75 Å². The molecule has 2 aromatic rings. The number of carbonyl (C=O) groups excluding carboxylic acids is 2. The third kappa shape index (κ3) is 4.97. The number of likely N-dealkylation sites (tertiary alicyclic amines) is 1. The topological polar surface area (TPSA) is 76.1 Å². The van der Waals surface area contributed by atoms with Crippen molar-refractivity contribution in [3.8, 4) is 5.75 Å². The van der Waals surface area contributed by atoms with Crippen LogP contribution in [0.3, 0.4) is 0 Å². The van der Waals surface area contributed by atoms with E-state index < -0.39 is 17.7 Å². The van der Waals surface area contributed by atoms with E-state index in [9.17, 15) is 14.7 Å². The molecule has 0 saturated carbocycles. The van der Waals surface area contributed by atoms with Crippen LogP contribution in [0, 0.1) is 12.8 Å². The van der Waals surface area contributed by atoms with Crippen molar-refractivity contribution in [2.75, 3.05) is 26.9 Å². The van der Waals surface area contributed by atoms with Gasteiger partial charge in [0.25, 0.3) is 11.7 Å². The third-order valence-electron chi connectivity index (χ3n) is 5.30. The Kier molecular flexibility index (Phi) is 7.59. The van der Waals surface area contributed by atoms with E-state index in [0.29, 0.717) is 34.4 Å². The van der Waals surface area contributed by atoms with Crippen LogP contribution < -0.4 is 4.74 Å². The zero-order chi connectivity index (χ0) is 23.4. The lowest BCUT2D eigenvalue weighted by Crippen LogP contribution is -2.32. The number of rotatable bonds is 8. The lowest BCUT2D eigenvalue weighted by molar-refractivity contribution is -0.140. The maximum Gasteiger partial charge on any atom is 0.295 e. The van der Waals surface area contributed by atoms with Gasteiger partial charge in [-0.15, -0.1) is 0 Å². The normalized spacial score (nSPS) is 17.9. The summed E-state index contributed by atoms with van der Waals surface area (Å²) in [5, 5.41) is 11.7. The fraction of sp³-hybridized carbons (Fsp3) is 0.360. The Morgan fingerprint density at radius 3 is 2.44 bits per heavy atom. The molecular formula is C25H28ClNO5. The highest BCUT2D eigenvalue weighted by Crippen LogP contribution is 2.40. The number of ketones is 1. The summed E-state index contributed by atoms with van der Waals surface area (Å²) < 4.78 is 10.9. The third-order valence-corrected chi connectivity index (χ3v) is 5.55. The standard InChI is InChI=1S/C25H28ClNO5/c1-15(2)14-32-19-9-10-20(16(3)13-19)23(28)21-22(17-5-7-18(26)8-6-17)27(11-12-31-4)25(30)24(21)29/h5-10,13,15,22,28H,11-12,14H2,1-4H3/t22-/m0/s1. The predicted octanol–water partition coefficient (Wildman–Crippen LogP) is 4.75. The van der Waals surface area contributed by atoms with Crippen LogP contribution in [0.25, 0.3) is 5.76 Å². The van der Waals surface area contributed by atoms with Gasteiger partial charge in [0.2, 0.25) is 0 Å². The molecule has 32 heavy (non-hydrogen) atoms. The fourth-order valence-corrected chi connectivity index (χ4v) is 3.82. The summed E-state index contributed by atoms with van der Waals surface area (Å²) in [6, 6.07) is 11.4. The molecule has 170 valence electrons. The van der Waals surface area contributed by atoms with Crippen molar-refractivity contribution in [2.24, 2.45) is 5.92 Å². The summed E-state index contributed by atoms with van der Waals surface area (Å²) in [5.41, 5.74) is 1.94. The van der Waals surface area contributed by atoms with E-state index in [2.05, 4.69) is 13.8 Å². The van der Waals surface area contributed by atoms with E-state index in [0.717, 1.165) is 5.56 Å². The van der Waals surface area contributed by atoms with E-state index in [-0.39, 0.29) is 24.5 Å². The molecule has 1 atom stereocenters. The van der Waals surface area contributed by atoms with Crippen LogP contribution in [0.1, 0.15) is 36.6 Å². The van der Waals surface area contributed by atoms with E-state index in [4.69, 9.17) is 21.1 Å². The highest BCUT2D eigenvalue weighted by molar-refractivity contribution is 6.46. The number of amides is 1. The van der Waals surface area contributed by atoms with Crippen LogP contribution in [0.2, 0.25) is 5.02 Å². The molecule has 1 N–H and O–H groups in total. The van der Waals surface area contributed by atoms with Gasteiger partial charge < -0.3 is 19.5 Å². The molecule has 1 aliphatic heterocycles. The molecule has 6 nitrogen and oxygen atoms in total. The number of carbonyl (C=O) groups is 2. The first-order valence-electron chi connectivity index (χ1n) is 10.5. The van der Waals surface area contributed by atoms with Gasteiger partial charge in [0.05, 0.1) is 24.8 Å². The average Bonchev–Trinajstić information content (AvgIpc) is 3.01. The minimum Gasteiger partial charge on any atom is -0.507 e. The first-order chi connectivity index (χ1) is 15.2. The van der Waals surface area contributed by atoms with Gasteiger partial charge in [-0.2, -0.15) is 0 Å². The first kappa shape index (κ1) is 23.8. The maximum absolute atomic E-state index is 13.0. The Morgan fingerprint density at radius 2 is 1.84 bits per heavy atom. The van der Waals surface area contributed by atoms with Crippen molar-refractivity contribution >= 4 is 29.1 Å². The first-order valence-corrected chi connectivity index (χ1v) is 10.9. The van der Waals surface area contributed by atoms with Crippen molar-refractivity contribution in [2.45, 2.75) is 26.8 Å². The number of benzene rings is 2. The number of aryl methyl sites for hydroxylation is 1. The van der Waals surface area contributed by atoms with Crippen molar-refractivity contribution in [3.05, 3.63) is 69.8 Å². The van der Waals surface area contributed by atoms with Gasteiger partial charge in [-0.25, -0.2) is 0 Å². The van der Waals surface area contributed by atoms with Crippen molar-refractivity contribution < 1.29 is 24.2 Å². The van der Waals surface area contributed by atoms with E-state index in [1.807, 2.05) is 13.0 Å². The smallest absolute Gasteiger partial charge is 0.295 e. The number of hydrogen-bond acceptors (Lipinski definition) is 5. The van der Waals surface area contributed by atoms with Crippen LogP contribution in [-0.2, 0) is 14.3 Å². The number of aliphatic hydroxyl groups excluding tert-OH is 1. The zero-order valence-corrected chi connectivity index (χ0v) is 19.5. The Bertz CT molecular complexity index is 1030. The molecule has 0 bridgehead atoms. The number of Topliss-reactive ketones (excluding diaryl/α,β-unsaturated/α-hetero) is 1. The molecular weight excluding hydrogens is 430 g/mol. The van der Waals surface area contributed by atoms with Crippen molar-refractivity contribution in [1.82, 2.24) is 4.90 Å². The second kappa shape index (κ2) is 10.2. The molecule has 7 heteroatoms. The summed E-state index contributed by atoms with van der Waals surface area (Å²) in [6.07, 6.45) is 0. The number of aliphatic hydroxyl groups is 1. The van der Waals surface area contributed by atoms with Gasteiger partial charge in [0.1, 0.15) is 11.5 Å². The van der Waals surface area contributed by atoms with Gasteiger partial charge in [-0.05, 0) is 54.3 Å². The molecule has 2 aromatic carbocycles. The molecule has 0 aliphatic carbocycles. The van der Waals surface area contributed by atoms with E-state index in [1.165, 1.54) is 12.0 Å². The molecule has 0 aromatic heterocycles. The van der Waals surface area contributed by atoms with Crippen molar-refractivity contribution in [3.63, 3.8) is 0 Å². The minimum atomic E-state index is -0.737. The zero-order valence-electron chi connectivity index (χ0n) is 18.7. The minimum absolute atomic E-state index is 0.0485. The summed E-state index contributed by atoms with van der Waals surface area (Å²) in [6.45, 7) is 7.00. The monoisotopic (exact) mass is 457 g/mol. The molecule has 1 fully saturated rings. The molecule has 0 spiro atoms. The quantitative estimate of drug-likeness (QED) is 0.351. The highest BCUT2D eigenvalue weighted by atomic mass is 35.5. The molecule has 1 amide bonds. The number of methoxy groups -OCH3 is 1. The van der Waals surface area contributed by atoms with Crippen molar-refractivity contribution in [1.29, 1.82) is 0 Å². The van der Waals surface area contributed by atoms with Gasteiger partial charge in [0.15, 0.2) is 0 Å². The van der Waals surface area contributed by atoms with Crippen LogP contribution in [0.15, 0.2) is 48.0 Å². The molecule has 0 radical (unpaired) electrons.